The Morgan fingerprint density at radius 2 is 1.45 bits per heavy atom. The van der Waals surface area contributed by atoms with Gasteiger partial charge in [-0.3, -0.25) is 9.59 Å². The van der Waals surface area contributed by atoms with Crippen molar-refractivity contribution in [3.05, 3.63) is 102 Å². The molecule has 1 heterocycles. The topological polar surface area (TPSA) is 49.4 Å². The van der Waals surface area contributed by atoms with Gasteiger partial charge in [0.1, 0.15) is 0 Å². The number of hydrogen-bond acceptors (Lipinski definition) is 2. The molecule has 4 rings (SSSR count). The number of nitrogens with one attached hydrogen (secondary N) is 1. The second-order valence-corrected chi connectivity index (χ2v) is 7.29. The molecular weight excluding hydrogens is 360 g/mol. The standard InChI is InChI=1S/C25H24N2O2/c28-23-12-7-17-27(23)22-15-13-19(14-16-22)18-26-25(29)24(20-8-3-1-4-9-20)21-10-5-2-6-11-21/h1-6,8-11,13-16,24H,7,12,17-18H2,(H,26,29). The minimum atomic E-state index is -0.348. The van der Waals surface area contributed by atoms with E-state index in [2.05, 4.69) is 5.32 Å². The first kappa shape index (κ1) is 18.9. The molecular formula is C25H24N2O2. The van der Waals surface area contributed by atoms with Gasteiger partial charge in [-0.2, -0.15) is 0 Å². The quantitative estimate of drug-likeness (QED) is 0.690. The fraction of sp³-hybridized carbons (Fsp3) is 0.200. The summed E-state index contributed by atoms with van der Waals surface area (Å²) in [5, 5.41) is 3.07. The Balaban J connectivity index is 1.46. The SMILES string of the molecule is O=C(NCc1ccc(N2CCCC2=O)cc1)C(c1ccccc1)c1ccccc1. The highest BCUT2D eigenvalue weighted by molar-refractivity contribution is 5.95. The number of carbonyl (C=O) groups excluding carboxylic acids is 2. The first-order valence-electron chi connectivity index (χ1n) is 9.99. The van der Waals surface area contributed by atoms with Crippen molar-refractivity contribution in [1.82, 2.24) is 5.32 Å². The molecule has 1 saturated heterocycles. The maximum absolute atomic E-state index is 13.1. The summed E-state index contributed by atoms with van der Waals surface area (Å²) in [6.07, 6.45) is 1.54. The molecule has 3 aromatic rings. The molecule has 0 unspecified atom stereocenters. The van der Waals surface area contributed by atoms with Crippen molar-refractivity contribution in [3.63, 3.8) is 0 Å². The van der Waals surface area contributed by atoms with Gasteiger partial charge in [0, 0.05) is 25.2 Å². The fourth-order valence-electron chi connectivity index (χ4n) is 3.79. The van der Waals surface area contributed by atoms with Crippen molar-refractivity contribution in [2.75, 3.05) is 11.4 Å². The smallest absolute Gasteiger partial charge is 0.232 e. The Kier molecular flexibility index (Phi) is 5.71. The first-order chi connectivity index (χ1) is 14.2. The van der Waals surface area contributed by atoms with Gasteiger partial charge < -0.3 is 10.2 Å². The number of anilines is 1. The molecule has 1 aliphatic rings. The molecule has 1 aliphatic heterocycles. The maximum Gasteiger partial charge on any atom is 0.232 e. The molecule has 0 spiro atoms. The lowest BCUT2D eigenvalue weighted by molar-refractivity contribution is -0.122. The van der Waals surface area contributed by atoms with Gasteiger partial charge in [0.05, 0.1) is 5.92 Å². The molecule has 146 valence electrons. The third kappa shape index (κ3) is 4.37. The van der Waals surface area contributed by atoms with E-state index in [1.54, 1.807) is 0 Å². The van der Waals surface area contributed by atoms with E-state index in [0.29, 0.717) is 13.0 Å². The second kappa shape index (κ2) is 8.74. The fourth-order valence-corrected chi connectivity index (χ4v) is 3.79. The zero-order chi connectivity index (χ0) is 20.1. The summed E-state index contributed by atoms with van der Waals surface area (Å²) in [5.41, 5.74) is 3.88. The Hall–Kier alpha value is -3.40. The van der Waals surface area contributed by atoms with Crippen LogP contribution in [0.2, 0.25) is 0 Å². The molecule has 0 aliphatic carbocycles. The van der Waals surface area contributed by atoms with Gasteiger partial charge >= 0.3 is 0 Å². The number of rotatable bonds is 6. The Morgan fingerprint density at radius 1 is 0.862 bits per heavy atom. The molecule has 4 heteroatoms. The molecule has 0 aromatic heterocycles. The molecule has 1 fully saturated rings. The van der Waals surface area contributed by atoms with Crippen LogP contribution in [-0.2, 0) is 16.1 Å². The molecule has 0 radical (unpaired) electrons. The van der Waals surface area contributed by atoms with E-state index in [0.717, 1.165) is 35.3 Å². The summed E-state index contributed by atoms with van der Waals surface area (Å²) in [6.45, 7) is 1.23. The zero-order valence-electron chi connectivity index (χ0n) is 16.3. The van der Waals surface area contributed by atoms with Gasteiger partial charge in [0.2, 0.25) is 11.8 Å². The van der Waals surface area contributed by atoms with Gasteiger partial charge in [0.25, 0.3) is 0 Å². The molecule has 29 heavy (non-hydrogen) atoms. The summed E-state index contributed by atoms with van der Waals surface area (Å²) in [4.78, 5) is 26.8. The largest absolute Gasteiger partial charge is 0.351 e. The average molecular weight is 384 g/mol. The normalized spacial score (nSPS) is 13.7. The maximum atomic E-state index is 13.1. The van der Waals surface area contributed by atoms with Crippen LogP contribution in [0.1, 0.15) is 35.4 Å². The molecule has 0 bridgehead atoms. The van der Waals surface area contributed by atoms with E-state index in [9.17, 15) is 9.59 Å². The second-order valence-electron chi connectivity index (χ2n) is 7.29. The van der Waals surface area contributed by atoms with E-state index in [1.807, 2.05) is 89.8 Å². The van der Waals surface area contributed by atoms with Crippen LogP contribution in [0.4, 0.5) is 5.69 Å². The van der Waals surface area contributed by atoms with Crippen LogP contribution < -0.4 is 10.2 Å². The van der Waals surface area contributed by atoms with E-state index in [-0.39, 0.29) is 17.7 Å². The summed E-state index contributed by atoms with van der Waals surface area (Å²) in [5.74, 6) is -0.195. The molecule has 2 amide bonds. The Morgan fingerprint density at radius 3 is 1.97 bits per heavy atom. The van der Waals surface area contributed by atoms with Crippen molar-refractivity contribution in [3.8, 4) is 0 Å². The summed E-state index contributed by atoms with van der Waals surface area (Å²) >= 11 is 0. The lowest BCUT2D eigenvalue weighted by atomic mass is 9.90. The number of hydrogen-bond donors (Lipinski definition) is 1. The number of carbonyl (C=O) groups is 2. The van der Waals surface area contributed by atoms with E-state index < -0.39 is 0 Å². The predicted octanol–water partition coefficient (Wildman–Crippen LogP) is 4.26. The van der Waals surface area contributed by atoms with Crippen LogP contribution in [0.5, 0.6) is 0 Å². The summed E-state index contributed by atoms with van der Waals surface area (Å²) in [6, 6.07) is 27.5. The minimum absolute atomic E-state index is 0.0267. The van der Waals surface area contributed by atoms with Gasteiger partial charge in [0.15, 0.2) is 0 Å². The van der Waals surface area contributed by atoms with Crippen molar-refractivity contribution in [1.29, 1.82) is 0 Å². The summed E-state index contributed by atoms with van der Waals surface area (Å²) in [7, 11) is 0. The molecule has 1 N–H and O–H groups in total. The number of amides is 2. The van der Waals surface area contributed by atoms with Crippen LogP contribution in [0.25, 0.3) is 0 Å². The van der Waals surface area contributed by atoms with Crippen molar-refractivity contribution >= 4 is 17.5 Å². The van der Waals surface area contributed by atoms with Crippen molar-refractivity contribution in [2.45, 2.75) is 25.3 Å². The van der Waals surface area contributed by atoms with Crippen molar-refractivity contribution < 1.29 is 9.59 Å². The van der Waals surface area contributed by atoms with Gasteiger partial charge in [-0.15, -0.1) is 0 Å². The monoisotopic (exact) mass is 384 g/mol. The van der Waals surface area contributed by atoms with Crippen LogP contribution in [0, 0.1) is 0 Å². The van der Waals surface area contributed by atoms with E-state index in [1.165, 1.54) is 0 Å². The zero-order valence-corrected chi connectivity index (χ0v) is 16.3. The molecule has 0 atom stereocenters. The Bertz CT molecular complexity index is 929. The molecule has 3 aromatic carbocycles. The van der Waals surface area contributed by atoms with Crippen LogP contribution in [0.15, 0.2) is 84.9 Å². The highest BCUT2D eigenvalue weighted by atomic mass is 16.2. The predicted molar refractivity (Wildman–Crippen MR) is 115 cm³/mol. The van der Waals surface area contributed by atoms with Gasteiger partial charge in [-0.25, -0.2) is 0 Å². The highest BCUT2D eigenvalue weighted by Crippen LogP contribution is 2.25. The van der Waals surface area contributed by atoms with Crippen LogP contribution in [-0.4, -0.2) is 18.4 Å². The third-order valence-electron chi connectivity index (χ3n) is 5.32. The van der Waals surface area contributed by atoms with Crippen LogP contribution in [0.3, 0.4) is 0 Å². The lowest BCUT2D eigenvalue weighted by Gasteiger charge is -2.19. The number of nitrogens with zero attached hydrogens (tertiary/aromatic N) is 1. The average Bonchev–Trinajstić information content (AvgIpc) is 3.20. The molecule has 4 nitrogen and oxygen atoms in total. The third-order valence-corrected chi connectivity index (χ3v) is 5.32. The van der Waals surface area contributed by atoms with E-state index in [4.69, 9.17) is 0 Å². The lowest BCUT2D eigenvalue weighted by Crippen LogP contribution is -2.29. The Labute approximate surface area is 171 Å². The van der Waals surface area contributed by atoms with Crippen LogP contribution >= 0.6 is 0 Å². The van der Waals surface area contributed by atoms with E-state index >= 15 is 0 Å². The first-order valence-corrected chi connectivity index (χ1v) is 9.99. The van der Waals surface area contributed by atoms with Gasteiger partial charge in [-0.05, 0) is 35.2 Å². The molecule has 0 saturated carbocycles. The van der Waals surface area contributed by atoms with Gasteiger partial charge in [-0.1, -0.05) is 72.8 Å². The summed E-state index contributed by atoms with van der Waals surface area (Å²) < 4.78 is 0. The van der Waals surface area contributed by atoms with Crippen molar-refractivity contribution in [2.24, 2.45) is 0 Å². The minimum Gasteiger partial charge on any atom is -0.351 e. The number of benzene rings is 3. The highest BCUT2D eigenvalue weighted by Gasteiger charge is 2.23.